The smallest absolute Gasteiger partial charge is 0.311 e. The SMILES string of the molecule is Cc1ccc(N=C2SC(c3ccc(C)cc3)(C(F)(F)F)NC(=O)N2c2ccc(C)cc2)cc1. The van der Waals surface area contributed by atoms with Crippen LogP contribution in [-0.4, -0.2) is 17.4 Å². The summed E-state index contributed by atoms with van der Waals surface area (Å²) < 4.78 is 43.8. The molecule has 3 aromatic rings. The second-order valence-corrected chi connectivity index (χ2v) is 9.16. The van der Waals surface area contributed by atoms with Gasteiger partial charge in [0.05, 0.1) is 11.4 Å². The number of thioether (sulfide) groups is 1. The second kappa shape index (κ2) is 8.59. The number of amides is 2. The normalized spacial score (nSPS) is 20.1. The van der Waals surface area contributed by atoms with E-state index in [1.807, 2.05) is 26.0 Å². The zero-order valence-corrected chi connectivity index (χ0v) is 19.1. The maximum absolute atomic E-state index is 14.6. The van der Waals surface area contributed by atoms with Gasteiger partial charge in [0, 0.05) is 0 Å². The number of benzene rings is 3. The number of carbonyl (C=O) groups is 1. The van der Waals surface area contributed by atoms with Crippen molar-refractivity contribution in [1.29, 1.82) is 0 Å². The van der Waals surface area contributed by atoms with Gasteiger partial charge in [0.1, 0.15) is 0 Å². The molecule has 4 rings (SSSR count). The van der Waals surface area contributed by atoms with Crippen molar-refractivity contribution in [2.45, 2.75) is 31.8 Å². The maximum atomic E-state index is 14.6. The zero-order valence-electron chi connectivity index (χ0n) is 18.3. The molecule has 1 saturated heterocycles. The van der Waals surface area contributed by atoms with Gasteiger partial charge in [0.15, 0.2) is 5.17 Å². The summed E-state index contributed by atoms with van der Waals surface area (Å²) in [5, 5.41) is 2.17. The number of alkyl halides is 3. The third kappa shape index (κ3) is 4.48. The van der Waals surface area contributed by atoms with Crippen LogP contribution >= 0.6 is 11.8 Å². The Bertz CT molecular complexity index is 1190. The number of aryl methyl sites for hydroxylation is 3. The van der Waals surface area contributed by atoms with Gasteiger partial charge in [-0.1, -0.05) is 65.2 Å². The standard InChI is InChI=1S/C25H22F3N3OS/c1-16-4-10-19(11-5-16)24(25(26,27)28)30-22(32)31(21-14-8-18(3)9-15-21)23(33-24)29-20-12-6-17(2)7-13-20/h4-15H,1-3H3,(H,30,32). The minimum atomic E-state index is -4.78. The van der Waals surface area contributed by atoms with Crippen molar-refractivity contribution in [3.05, 3.63) is 95.1 Å². The van der Waals surface area contributed by atoms with E-state index in [1.54, 1.807) is 55.5 Å². The van der Waals surface area contributed by atoms with Crippen molar-refractivity contribution >= 4 is 34.3 Å². The van der Waals surface area contributed by atoms with Crippen molar-refractivity contribution < 1.29 is 18.0 Å². The number of carbonyl (C=O) groups excluding carboxylic acids is 1. The molecule has 33 heavy (non-hydrogen) atoms. The lowest BCUT2D eigenvalue weighted by Crippen LogP contribution is -2.63. The maximum Gasteiger partial charge on any atom is 0.425 e. The Hall–Kier alpha value is -3.26. The molecular formula is C25H22F3N3OS. The molecule has 0 bridgehead atoms. The van der Waals surface area contributed by atoms with E-state index in [1.165, 1.54) is 17.0 Å². The van der Waals surface area contributed by atoms with Gasteiger partial charge in [-0.3, -0.25) is 0 Å². The molecular weight excluding hydrogens is 447 g/mol. The third-order valence-electron chi connectivity index (χ3n) is 5.33. The second-order valence-electron chi connectivity index (χ2n) is 7.98. The van der Waals surface area contributed by atoms with Crippen molar-refractivity contribution in [1.82, 2.24) is 5.32 Å². The Morgan fingerprint density at radius 2 is 1.30 bits per heavy atom. The van der Waals surface area contributed by atoms with Crippen LogP contribution in [0.25, 0.3) is 0 Å². The number of halogens is 3. The number of nitrogens with one attached hydrogen (secondary N) is 1. The van der Waals surface area contributed by atoms with E-state index in [2.05, 4.69) is 10.3 Å². The highest BCUT2D eigenvalue weighted by Gasteiger charge is 2.62. The molecule has 0 radical (unpaired) electrons. The van der Waals surface area contributed by atoms with Crippen molar-refractivity contribution in [3.63, 3.8) is 0 Å². The van der Waals surface area contributed by atoms with Gasteiger partial charge in [-0.05, 0) is 62.4 Å². The topological polar surface area (TPSA) is 44.7 Å². The Kier molecular flexibility index (Phi) is 5.97. The van der Waals surface area contributed by atoms with E-state index in [0.717, 1.165) is 16.7 Å². The van der Waals surface area contributed by atoms with Gasteiger partial charge >= 0.3 is 12.2 Å². The highest BCUT2D eigenvalue weighted by atomic mass is 32.2. The van der Waals surface area contributed by atoms with Gasteiger partial charge in [0.2, 0.25) is 4.87 Å². The van der Waals surface area contributed by atoms with E-state index in [4.69, 9.17) is 0 Å². The summed E-state index contributed by atoms with van der Waals surface area (Å²) in [6.07, 6.45) is -4.78. The van der Waals surface area contributed by atoms with Crippen molar-refractivity contribution in [2.24, 2.45) is 4.99 Å². The van der Waals surface area contributed by atoms with Crippen LogP contribution in [0.4, 0.5) is 29.3 Å². The molecule has 1 heterocycles. The summed E-state index contributed by atoms with van der Waals surface area (Å²) in [6.45, 7) is 5.59. The predicted molar refractivity (Wildman–Crippen MR) is 127 cm³/mol. The average molecular weight is 470 g/mol. The summed E-state index contributed by atoms with van der Waals surface area (Å²) in [5.41, 5.74) is 3.58. The Balaban J connectivity index is 1.89. The number of nitrogens with zero attached hydrogens (tertiary/aromatic N) is 2. The lowest BCUT2D eigenvalue weighted by molar-refractivity contribution is -0.167. The quantitative estimate of drug-likeness (QED) is 0.450. The largest absolute Gasteiger partial charge is 0.425 e. The van der Waals surface area contributed by atoms with Crippen LogP contribution in [0.1, 0.15) is 22.3 Å². The van der Waals surface area contributed by atoms with Crippen LogP contribution < -0.4 is 10.2 Å². The molecule has 0 saturated carbocycles. The summed E-state index contributed by atoms with van der Waals surface area (Å²) in [7, 11) is 0. The fourth-order valence-corrected chi connectivity index (χ4v) is 4.65. The zero-order chi connectivity index (χ0) is 23.8. The minimum absolute atomic E-state index is 0.0654. The van der Waals surface area contributed by atoms with Gasteiger partial charge in [0.25, 0.3) is 0 Å². The molecule has 1 fully saturated rings. The lowest BCUT2D eigenvalue weighted by Gasteiger charge is -2.43. The molecule has 1 atom stereocenters. The molecule has 4 nitrogen and oxygen atoms in total. The van der Waals surface area contributed by atoms with Crippen LogP contribution in [0.15, 0.2) is 77.8 Å². The number of amidine groups is 1. The molecule has 1 aliphatic heterocycles. The van der Waals surface area contributed by atoms with Gasteiger partial charge < -0.3 is 5.32 Å². The molecule has 170 valence electrons. The Labute approximate surface area is 194 Å². The predicted octanol–water partition coefficient (Wildman–Crippen LogP) is 6.98. The first kappa shape index (κ1) is 22.9. The molecule has 0 aliphatic carbocycles. The van der Waals surface area contributed by atoms with Gasteiger partial charge in [-0.15, -0.1) is 0 Å². The average Bonchev–Trinajstić information content (AvgIpc) is 2.76. The fraction of sp³-hybridized carbons (Fsp3) is 0.200. The first-order valence-corrected chi connectivity index (χ1v) is 11.1. The molecule has 0 spiro atoms. The first-order valence-electron chi connectivity index (χ1n) is 10.3. The van der Waals surface area contributed by atoms with E-state index in [-0.39, 0.29) is 10.7 Å². The highest BCUT2D eigenvalue weighted by molar-refractivity contribution is 8.15. The van der Waals surface area contributed by atoms with E-state index < -0.39 is 17.1 Å². The molecule has 3 aromatic carbocycles. The van der Waals surface area contributed by atoms with Crippen LogP contribution in [0.5, 0.6) is 0 Å². The molecule has 1 N–H and O–H groups in total. The summed E-state index contributed by atoms with van der Waals surface area (Å²) in [4.78, 5) is 16.2. The lowest BCUT2D eigenvalue weighted by atomic mass is 10.0. The Morgan fingerprint density at radius 1 is 0.818 bits per heavy atom. The van der Waals surface area contributed by atoms with Crippen LogP contribution in [0, 0.1) is 20.8 Å². The third-order valence-corrected chi connectivity index (χ3v) is 6.66. The van der Waals surface area contributed by atoms with E-state index >= 15 is 0 Å². The summed E-state index contributed by atoms with van der Waals surface area (Å²) >= 11 is 0.474. The molecule has 2 amide bonds. The highest BCUT2D eigenvalue weighted by Crippen LogP contribution is 2.51. The monoisotopic (exact) mass is 469 g/mol. The number of anilines is 1. The number of hydrogen-bond donors (Lipinski definition) is 1. The number of rotatable bonds is 3. The first-order chi connectivity index (χ1) is 15.6. The molecule has 0 aromatic heterocycles. The van der Waals surface area contributed by atoms with Crippen LogP contribution in [0.2, 0.25) is 0 Å². The minimum Gasteiger partial charge on any atom is -0.311 e. The number of hydrogen-bond acceptors (Lipinski definition) is 3. The summed E-state index contributed by atoms with van der Waals surface area (Å²) in [5.74, 6) is 0. The van der Waals surface area contributed by atoms with Crippen LogP contribution in [-0.2, 0) is 4.87 Å². The van der Waals surface area contributed by atoms with Crippen molar-refractivity contribution in [3.8, 4) is 0 Å². The molecule has 8 heteroatoms. The molecule has 1 aliphatic rings. The van der Waals surface area contributed by atoms with Crippen LogP contribution in [0.3, 0.4) is 0 Å². The van der Waals surface area contributed by atoms with E-state index in [9.17, 15) is 18.0 Å². The van der Waals surface area contributed by atoms with Gasteiger partial charge in [-0.2, -0.15) is 13.2 Å². The Morgan fingerprint density at radius 3 is 1.82 bits per heavy atom. The van der Waals surface area contributed by atoms with Crippen molar-refractivity contribution in [2.75, 3.05) is 4.90 Å². The summed E-state index contributed by atoms with van der Waals surface area (Å²) in [6, 6.07) is 19.1. The van der Waals surface area contributed by atoms with E-state index in [0.29, 0.717) is 23.1 Å². The number of aliphatic imine (C=N–C) groups is 1. The van der Waals surface area contributed by atoms with Gasteiger partial charge in [-0.25, -0.2) is 14.7 Å². The number of urea groups is 1. The molecule has 1 unspecified atom stereocenters. The fourth-order valence-electron chi connectivity index (χ4n) is 3.44.